The van der Waals surface area contributed by atoms with Crippen LogP contribution in [0.3, 0.4) is 0 Å². The van der Waals surface area contributed by atoms with Crippen molar-refractivity contribution in [1.82, 2.24) is 0 Å². The van der Waals surface area contributed by atoms with Crippen molar-refractivity contribution in [2.75, 3.05) is 6.61 Å². The number of non-ortho nitro benzene ring substituents is 1. The molecule has 0 aliphatic rings. The summed E-state index contributed by atoms with van der Waals surface area (Å²) in [5, 5.41) is 18.9. The van der Waals surface area contributed by atoms with Crippen molar-refractivity contribution in [1.29, 1.82) is 0 Å². The normalized spacial score (nSPS) is 11.1. The molecule has 0 aliphatic heterocycles. The van der Waals surface area contributed by atoms with E-state index in [1.54, 1.807) is 13.0 Å². The summed E-state index contributed by atoms with van der Waals surface area (Å²) in [5.41, 5.74) is 0.788. The number of nitro benzene ring substituents is 1. The molecule has 0 radical (unpaired) electrons. The molecule has 0 amide bonds. The van der Waals surface area contributed by atoms with Crippen LogP contribution in [0.2, 0.25) is 0 Å². The van der Waals surface area contributed by atoms with Crippen LogP contribution in [0.4, 0.5) is 5.69 Å². The van der Waals surface area contributed by atoms with Gasteiger partial charge in [-0.15, -0.1) is 0 Å². The first-order valence-corrected chi connectivity index (χ1v) is 5.23. The molecule has 0 unspecified atom stereocenters. The van der Waals surface area contributed by atoms with E-state index in [-0.39, 0.29) is 18.7 Å². The molecule has 0 bridgehead atoms. The number of nitro groups is 1. The van der Waals surface area contributed by atoms with E-state index in [1.807, 2.05) is 0 Å². The second-order valence-corrected chi connectivity index (χ2v) is 3.69. The number of hydrogen-bond donors (Lipinski definition) is 1. The first-order valence-electron chi connectivity index (χ1n) is 5.23. The third kappa shape index (κ3) is 4.65. The lowest BCUT2D eigenvalue weighted by Gasteiger charge is -2.05. The minimum Gasteiger partial charge on any atom is -0.489 e. The summed E-state index contributed by atoms with van der Waals surface area (Å²) >= 11 is 0. The second kappa shape index (κ2) is 6.39. The average Bonchev–Trinajstić information content (AvgIpc) is 2.34. The lowest BCUT2D eigenvalue weighted by molar-refractivity contribution is -0.384. The molecule has 0 heterocycles. The topological polar surface area (TPSA) is 89.7 Å². The Kier molecular flexibility index (Phi) is 4.86. The maximum absolute atomic E-state index is 10.4. The van der Waals surface area contributed by atoms with E-state index >= 15 is 0 Å². The largest absolute Gasteiger partial charge is 0.489 e. The van der Waals surface area contributed by atoms with Gasteiger partial charge < -0.3 is 9.84 Å². The highest BCUT2D eigenvalue weighted by molar-refractivity contribution is 5.68. The number of nitrogens with zero attached hydrogens (tertiary/aromatic N) is 1. The highest BCUT2D eigenvalue weighted by atomic mass is 16.6. The fraction of sp³-hybridized carbons (Fsp3) is 0.250. The van der Waals surface area contributed by atoms with Gasteiger partial charge in [0.1, 0.15) is 12.4 Å². The number of carboxylic acids is 1. The van der Waals surface area contributed by atoms with Crippen LogP contribution in [0, 0.1) is 10.1 Å². The second-order valence-electron chi connectivity index (χ2n) is 3.69. The Balaban J connectivity index is 2.51. The molecule has 0 saturated carbocycles. The van der Waals surface area contributed by atoms with Crippen LogP contribution in [0.25, 0.3) is 0 Å². The van der Waals surface area contributed by atoms with E-state index in [2.05, 4.69) is 0 Å². The van der Waals surface area contributed by atoms with Crippen LogP contribution in [0.1, 0.15) is 13.3 Å². The minimum absolute atomic E-state index is 0.000455. The lowest BCUT2D eigenvalue weighted by atomic mass is 10.2. The van der Waals surface area contributed by atoms with Gasteiger partial charge in [0, 0.05) is 12.1 Å². The maximum atomic E-state index is 10.4. The smallest absolute Gasteiger partial charge is 0.307 e. The molecule has 0 fully saturated rings. The SMILES string of the molecule is CC(=CCC(=O)O)COc1ccc([N+](=O)[O-])cc1. The first-order chi connectivity index (χ1) is 8.49. The molecule has 0 aliphatic carbocycles. The highest BCUT2D eigenvalue weighted by Crippen LogP contribution is 2.17. The summed E-state index contributed by atoms with van der Waals surface area (Å²) in [6.45, 7) is 2.01. The van der Waals surface area contributed by atoms with Crippen LogP contribution in [0.5, 0.6) is 5.75 Å². The van der Waals surface area contributed by atoms with E-state index in [0.717, 1.165) is 5.57 Å². The van der Waals surface area contributed by atoms with Crippen LogP contribution >= 0.6 is 0 Å². The van der Waals surface area contributed by atoms with Gasteiger partial charge in [0.15, 0.2) is 0 Å². The van der Waals surface area contributed by atoms with E-state index in [9.17, 15) is 14.9 Å². The molecule has 6 nitrogen and oxygen atoms in total. The van der Waals surface area contributed by atoms with E-state index < -0.39 is 10.9 Å². The van der Waals surface area contributed by atoms with Crippen LogP contribution in [0.15, 0.2) is 35.9 Å². The summed E-state index contributed by atoms with van der Waals surface area (Å²) in [4.78, 5) is 20.3. The van der Waals surface area contributed by atoms with E-state index in [4.69, 9.17) is 9.84 Å². The van der Waals surface area contributed by atoms with Gasteiger partial charge >= 0.3 is 5.97 Å². The summed E-state index contributed by atoms with van der Waals surface area (Å²) in [6, 6.07) is 5.71. The van der Waals surface area contributed by atoms with Crippen molar-refractivity contribution < 1.29 is 19.6 Å². The number of aliphatic carboxylic acids is 1. The van der Waals surface area contributed by atoms with E-state index in [1.165, 1.54) is 24.3 Å². The Morgan fingerprint density at radius 3 is 2.56 bits per heavy atom. The Morgan fingerprint density at radius 1 is 1.44 bits per heavy atom. The third-order valence-corrected chi connectivity index (χ3v) is 2.14. The molecular formula is C12H13NO5. The number of ether oxygens (including phenoxy) is 1. The minimum atomic E-state index is -0.898. The predicted molar refractivity (Wildman–Crippen MR) is 64.6 cm³/mol. The van der Waals surface area contributed by atoms with Crippen molar-refractivity contribution in [3.63, 3.8) is 0 Å². The molecule has 1 rings (SSSR count). The number of benzene rings is 1. The van der Waals surface area contributed by atoms with Crippen molar-refractivity contribution in [3.8, 4) is 5.75 Å². The maximum Gasteiger partial charge on any atom is 0.307 e. The van der Waals surface area contributed by atoms with Gasteiger partial charge in [-0.2, -0.15) is 0 Å². The van der Waals surface area contributed by atoms with Gasteiger partial charge in [-0.25, -0.2) is 0 Å². The van der Waals surface area contributed by atoms with Crippen LogP contribution in [-0.2, 0) is 4.79 Å². The van der Waals surface area contributed by atoms with Gasteiger partial charge in [0.2, 0.25) is 0 Å². The number of rotatable bonds is 6. The Bertz CT molecular complexity index is 464. The molecule has 1 aromatic rings. The third-order valence-electron chi connectivity index (χ3n) is 2.14. The fourth-order valence-electron chi connectivity index (χ4n) is 1.18. The van der Waals surface area contributed by atoms with Gasteiger partial charge in [-0.05, 0) is 24.6 Å². The van der Waals surface area contributed by atoms with Crippen molar-refractivity contribution in [3.05, 3.63) is 46.0 Å². The predicted octanol–water partition coefficient (Wildman–Crippen LogP) is 2.39. The summed E-state index contributed by atoms with van der Waals surface area (Å²) in [5.74, 6) is -0.395. The van der Waals surface area contributed by atoms with Gasteiger partial charge in [-0.3, -0.25) is 14.9 Å². The molecule has 0 saturated heterocycles. The molecule has 18 heavy (non-hydrogen) atoms. The first kappa shape index (κ1) is 13.7. The number of carboxylic acid groups (broad SMARTS) is 1. The van der Waals surface area contributed by atoms with Crippen molar-refractivity contribution in [2.24, 2.45) is 0 Å². The summed E-state index contributed by atoms with van der Waals surface area (Å²) < 4.78 is 5.35. The zero-order valence-corrected chi connectivity index (χ0v) is 9.83. The quantitative estimate of drug-likeness (QED) is 0.476. The van der Waals surface area contributed by atoms with Gasteiger partial charge in [0.25, 0.3) is 5.69 Å². The van der Waals surface area contributed by atoms with E-state index in [0.29, 0.717) is 5.75 Å². The summed E-state index contributed by atoms with van der Waals surface area (Å²) in [6.07, 6.45) is 1.52. The van der Waals surface area contributed by atoms with Crippen LogP contribution < -0.4 is 4.74 Å². The number of hydrogen-bond acceptors (Lipinski definition) is 4. The van der Waals surface area contributed by atoms with Gasteiger partial charge in [-0.1, -0.05) is 6.08 Å². The van der Waals surface area contributed by atoms with Crippen molar-refractivity contribution in [2.45, 2.75) is 13.3 Å². The highest BCUT2D eigenvalue weighted by Gasteiger charge is 2.04. The zero-order chi connectivity index (χ0) is 13.5. The molecular weight excluding hydrogens is 238 g/mol. The zero-order valence-electron chi connectivity index (χ0n) is 9.83. The van der Waals surface area contributed by atoms with Crippen LogP contribution in [-0.4, -0.2) is 22.6 Å². The van der Waals surface area contributed by atoms with Crippen molar-refractivity contribution >= 4 is 11.7 Å². The lowest BCUT2D eigenvalue weighted by Crippen LogP contribution is -2.00. The molecule has 0 spiro atoms. The standard InChI is InChI=1S/C12H13NO5/c1-9(2-7-12(14)15)8-18-11-5-3-10(4-6-11)13(16)17/h2-6H,7-8H2,1H3,(H,14,15). The average molecular weight is 251 g/mol. The Hall–Kier alpha value is -2.37. The number of carbonyl (C=O) groups is 1. The monoisotopic (exact) mass is 251 g/mol. The molecule has 6 heteroatoms. The Labute approximate surface area is 104 Å². The molecule has 96 valence electrons. The molecule has 1 N–H and O–H groups in total. The molecule has 0 atom stereocenters. The summed E-state index contributed by atoms with van der Waals surface area (Å²) in [7, 11) is 0. The van der Waals surface area contributed by atoms with Gasteiger partial charge in [0.05, 0.1) is 11.3 Å². The fourth-order valence-corrected chi connectivity index (χ4v) is 1.18. The molecule has 1 aromatic carbocycles. The Morgan fingerprint density at radius 2 is 2.06 bits per heavy atom. The molecule has 0 aromatic heterocycles.